The van der Waals surface area contributed by atoms with E-state index in [0.717, 1.165) is 26.3 Å². The Morgan fingerprint density at radius 1 is 1.33 bits per heavy atom. The molecule has 5 heteroatoms. The van der Waals surface area contributed by atoms with E-state index >= 15 is 0 Å². The third kappa shape index (κ3) is 5.14. The fourth-order valence-corrected chi connectivity index (χ4v) is 2.33. The van der Waals surface area contributed by atoms with Crippen molar-refractivity contribution in [1.29, 1.82) is 0 Å². The number of halogens is 1. The lowest BCUT2D eigenvalue weighted by Gasteiger charge is -2.29. The van der Waals surface area contributed by atoms with Crippen LogP contribution in [0.15, 0.2) is 29.3 Å². The van der Waals surface area contributed by atoms with Crippen LogP contribution in [0.5, 0.6) is 0 Å². The smallest absolute Gasteiger partial charge is 0.191 e. The van der Waals surface area contributed by atoms with Crippen LogP contribution in [0.4, 0.5) is 0 Å². The number of benzene rings is 1. The molecule has 2 N–H and O–H groups in total. The zero-order chi connectivity index (χ0) is 14.6. The van der Waals surface area contributed by atoms with E-state index in [0.29, 0.717) is 12.5 Å². The third-order valence-electron chi connectivity index (χ3n) is 3.77. The van der Waals surface area contributed by atoms with Crippen LogP contribution in [0.1, 0.15) is 25.0 Å². The Balaban J connectivity index is 0.00000220. The zero-order valence-corrected chi connectivity index (χ0v) is 15.5. The molecule has 1 aliphatic heterocycles. The summed E-state index contributed by atoms with van der Waals surface area (Å²) < 4.78 is 5.33. The van der Waals surface area contributed by atoms with Gasteiger partial charge in [-0.2, -0.15) is 0 Å². The molecule has 0 aliphatic carbocycles. The van der Waals surface area contributed by atoms with Crippen LogP contribution in [-0.4, -0.2) is 43.7 Å². The van der Waals surface area contributed by atoms with Gasteiger partial charge < -0.3 is 15.4 Å². The lowest BCUT2D eigenvalue weighted by molar-refractivity contribution is 0.0674. The fraction of sp³-hybridized carbons (Fsp3) is 0.562. The molecule has 1 aliphatic rings. The van der Waals surface area contributed by atoms with Crippen molar-refractivity contribution in [3.05, 3.63) is 35.4 Å². The van der Waals surface area contributed by atoms with E-state index in [2.05, 4.69) is 54.9 Å². The van der Waals surface area contributed by atoms with Crippen molar-refractivity contribution < 1.29 is 4.74 Å². The zero-order valence-electron chi connectivity index (χ0n) is 13.1. The maximum Gasteiger partial charge on any atom is 0.191 e. The van der Waals surface area contributed by atoms with Crippen molar-refractivity contribution in [2.75, 3.05) is 32.8 Å². The first kappa shape index (κ1) is 18.2. The van der Waals surface area contributed by atoms with Crippen molar-refractivity contribution in [3.63, 3.8) is 0 Å². The number of guanidine groups is 1. The first-order valence-electron chi connectivity index (χ1n) is 7.19. The normalized spacial score (nSPS) is 16.5. The Morgan fingerprint density at radius 3 is 2.62 bits per heavy atom. The van der Waals surface area contributed by atoms with Gasteiger partial charge in [-0.1, -0.05) is 43.7 Å². The van der Waals surface area contributed by atoms with E-state index in [1.165, 1.54) is 11.1 Å². The molecule has 0 saturated carbocycles. The van der Waals surface area contributed by atoms with Gasteiger partial charge >= 0.3 is 0 Å². The lowest BCUT2D eigenvalue weighted by Crippen LogP contribution is -2.45. The Bertz CT molecular complexity index is 482. The molecule has 118 valence electrons. The van der Waals surface area contributed by atoms with Crippen LogP contribution in [0.2, 0.25) is 0 Å². The van der Waals surface area contributed by atoms with E-state index < -0.39 is 0 Å². The summed E-state index contributed by atoms with van der Waals surface area (Å²) in [6.45, 7) is 10.4. The Morgan fingerprint density at radius 2 is 2.00 bits per heavy atom. The summed E-state index contributed by atoms with van der Waals surface area (Å²) in [5.74, 6) is 0.633. The molecule has 0 bridgehead atoms. The minimum absolute atomic E-state index is 0. The Hall–Kier alpha value is -0.820. The molecule has 0 spiro atoms. The highest BCUT2D eigenvalue weighted by Crippen LogP contribution is 2.24. The summed E-state index contributed by atoms with van der Waals surface area (Å²) in [6, 6.07) is 8.60. The van der Waals surface area contributed by atoms with Crippen LogP contribution in [-0.2, 0) is 10.2 Å². The lowest BCUT2D eigenvalue weighted by atomic mass is 9.84. The third-order valence-corrected chi connectivity index (χ3v) is 3.77. The van der Waals surface area contributed by atoms with Crippen LogP contribution >= 0.6 is 24.0 Å². The largest absolute Gasteiger partial charge is 0.378 e. The second-order valence-corrected chi connectivity index (χ2v) is 6.03. The Kier molecular flexibility index (Phi) is 6.93. The summed E-state index contributed by atoms with van der Waals surface area (Å²) in [5, 5.41) is 0. The van der Waals surface area contributed by atoms with Gasteiger partial charge in [0.05, 0.1) is 19.8 Å². The summed E-state index contributed by atoms with van der Waals surface area (Å²) >= 11 is 0. The number of nitrogens with zero attached hydrogens (tertiary/aromatic N) is 2. The number of ether oxygens (including phenoxy) is 1. The molecule has 0 amide bonds. The van der Waals surface area contributed by atoms with Crippen molar-refractivity contribution in [2.45, 2.75) is 26.2 Å². The topological polar surface area (TPSA) is 50.8 Å². The van der Waals surface area contributed by atoms with Crippen LogP contribution in [0, 0.1) is 6.92 Å². The molecule has 1 saturated heterocycles. The predicted octanol–water partition coefficient (Wildman–Crippen LogP) is 2.54. The number of aliphatic imine (C=N–C) groups is 1. The van der Waals surface area contributed by atoms with E-state index in [4.69, 9.17) is 10.5 Å². The van der Waals surface area contributed by atoms with E-state index in [9.17, 15) is 0 Å². The van der Waals surface area contributed by atoms with Gasteiger partial charge in [0.15, 0.2) is 5.96 Å². The van der Waals surface area contributed by atoms with Gasteiger partial charge in [0.1, 0.15) is 0 Å². The fourth-order valence-electron chi connectivity index (χ4n) is 2.33. The standard InChI is InChI=1S/C16H25N3O.HI/c1-13-5-4-6-14(11-13)16(2,3)12-18-15(17)19-7-9-20-10-8-19;/h4-6,11H,7-10,12H2,1-3H3,(H2,17,18);1H. The molecule has 0 unspecified atom stereocenters. The minimum atomic E-state index is -0.0110. The molecule has 0 atom stereocenters. The first-order valence-corrected chi connectivity index (χ1v) is 7.19. The molecule has 1 heterocycles. The van der Waals surface area contributed by atoms with Gasteiger partial charge in [-0.05, 0) is 12.5 Å². The Labute approximate surface area is 144 Å². The number of hydrogen-bond donors (Lipinski definition) is 1. The second kappa shape index (κ2) is 7.98. The molecule has 0 aromatic heterocycles. The van der Waals surface area contributed by atoms with Gasteiger partial charge in [0, 0.05) is 18.5 Å². The SMILES string of the molecule is Cc1cccc(C(C)(C)CN=C(N)N2CCOCC2)c1.I. The molecule has 4 nitrogen and oxygen atoms in total. The van der Waals surface area contributed by atoms with E-state index in [-0.39, 0.29) is 29.4 Å². The highest BCUT2D eigenvalue weighted by Gasteiger charge is 2.21. The van der Waals surface area contributed by atoms with Gasteiger partial charge in [-0.3, -0.25) is 4.99 Å². The van der Waals surface area contributed by atoms with Crippen molar-refractivity contribution >= 4 is 29.9 Å². The first-order chi connectivity index (χ1) is 9.49. The van der Waals surface area contributed by atoms with E-state index in [1.807, 2.05) is 0 Å². The molecule has 1 aromatic rings. The molecule has 2 rings (SSSR count). The maximum absolute atomic E-state index is 6.08. The molecular formula is C16H26IN3O. The van der Waals surface area contributed by atoms with Crippen LogP contribution < -0.4 is 5.73 Å². The number of rotatable bonds is 3. The highest BCUT2D eigenvalue weighted by molar-refractivity contribution is 14.0. The molecule has 21 heavy (non-hydrogen) atoms. The van der Waals surface area contributed by atoms with Gasteiger partial charge in [-0.15, -0.1) is 24.0 Å². The minimum Gasteiger partial charge on any atom is -0.378 e. The van der Waals surface area contributed by atoms with Gasteiger partial charge in [-0.25, -0.2) is 0 Å². The van der Waals surface area contributed by atoms with Crippen LogP contribution in [0.3, 0.4) is 0 Å². The number of hydrogen-bond acceptors (Lipinski definition) is 2. The van der Waals surface area contributed by atoms with Crippen molar-refractivity contribution in [1.82, 2.24) is 4.90 Å². The van der Waals surface area contributed by atoms with Crippen molar-refractivity contribution in [2.24, 2.45) is 10.7 Å². The average Bonchev–Trinajstić information content (AvgIpc) is 2.46. The van der Waals surface area contributed by atoms with Crippen molar-refractivity contribution in [3.8, 4) is 0 Å². The maximum atomic E-state index is 6.08. The number of nitrogens with two attached hydrogens (primary N) is 1. The number of aryl methyl sites for hydroxylation is 1. The quantitative estimate of drug-likeness (QED) is 0.480. The monoisotopic (exact) mass is 403 g/mol. The molecular weight excluding hydrogens is 377 g/mol. The summed E-state index contributed by atoms with van der Waals surface area (Å²) in [6.07, 6.45) is 0. The highest BCUT2D eigenvalue weighted by atomic mass is 127. The van der Waals surface area contributed by atoms with Gasteiger partial charge in [0.2, 0.25) is 0 Å². The predicted molar refractivity (Wildman–Crippen MR) is 98.5 cm³/mol. The number of morpholine rings is 1. The summed E-state index contributed by atoms with van der Waals surface area (Å²) in [4.78, 5) is 6.68. The molecule has 1 aromatic carbocycles. The molecule has 0 radical (unpaired) electrons. The average molecular weight is 403 g/mol. The summed E-state index contributed by atoms with van der Waals surface area (Å²) in [7, 11) is 0. The second-order valence-electron chi connectivity index (χ2n) is 6.03. The van der Waals surface area contributed by atoms with Crippen LogP contribution in [0.25, 0.3) is 0 Å². The summed E-state index contributed by atoms with van der Waals surface area (Å²) in [5.41, 5.74) is 8.65. The van der Waals surface area contributed by atoms with Gasteiger partial charge in [0.25, 0.3) is 0 Å². The molecule has 1 fully saturated rings. The van der Waals surface area contributed by atoms with E-state index in [1.54, 1.807) is 0 Å².